The van der Waals surface area contributed by atoms with Crippen LogP contribution >= 0.6 is 0 Å². The van der Waals surface area contributed by atoms with E-state index in [-0.39, 0.29) is 0 Å². The highest BCUT2D eigenvalue weighted by Gasteiger charge is 2.08. The molecule has 3 rings (SSSR count). The Labute approximate surface area is 141 Å². The van der Waals surface area contributed by atoms with Gasteiger partial charge in [0.1, 0.15) is 0 Å². The maximum Gasteiger partial charge on any atom is 0.256 e. The monoisotopic (exact) mass is 339 g/mol. The molecule has 0 radical (unpaired) electrons. The first-order valence-corrected chi connectivity index (χ1v) is 8.99. The molecule has 0 unspecified atom stereocenters. The lowest BCUT2D eigenvalue weighted by molar-refractivity contribution is 0.609. The van der Waals surface area contributed by atoms with Gasteiger partial charge in [-0.25, -0.2) is 8.42 Å². The van der Waals surface area contributed by atoms with E-state index < -0.39 is 10.0 Å². The van der Waals surface area contributed by atoms with Crippen molar-refractivity contribution in [2.45, 2.75) is 6.54 Å². The SMILES string of the molecule is O=S(=O)(/C=C/c1ccccc1)Nc1ccn(Cc2ccccc2)n1. The lowest BCUT2D eigenvalue weighted by atomic mass is 10.2. The van der Waals surface area contributed by atoms with Crippen LogP contribution < -0.4 is 4.72 Å². The van der Waals surface area contributed by atoms with Gasteiger partial charge in [-0.05, 0) is 17.2 Å². The topological polar surface area (TPSA) is 64.0 Å². The number of hydrogen-bond acceptors (Lipinski definition) is 3. The lowest BCUT2D eigenvalue weighted by Crippen LogP contribution is -2.10. The van der Waals surface area contributed by atoms with Gasteiger partial charge in [-0.15, -0.1) is 0 Å². The minimum Gasteiger partial charge on any atom is -0.266 e. The summed E-state index contributed by atoms with van der Waals surface area (Å²) in [6.45, 7) is 0.586. The molecular weight excluding hydrogens is 322 g/mol. The van der Waals surface area contributed by atoms with Crippen LogP contribution in [0.15, 0.2) is 78.3 Å². The second-order valence-electron chi connectivity index (χ2n) is 5.24. The Morgan fingerprint density at radius 3 is 2.33 bits per heavy atom. The molecule has 5 nitrogen and oxygen atoms in total. The smallest absolute Gasteiger partial charge is 0.256 e. The van der Waals surface area contributed by atoms with E-state index in [1.807, 2.05) is 60.7 Å². The zero-order valence-electron chi connectivity index (χ0n) is 12.9. The molecule has 2 aromatic carbocycles. The Balaban J connectivity index is 1.66. The van der Waals surface area contributed by atoms with Crippen LogP contribution in [0.3, 0.4) is 0 Å². The van der Waals surface area contributed by atoms with E-state index in [9.17, 15) is 8.42 Å². The summed E-state index contributed by atoms with van der Waals surface area (Å²) in [7, 11) is -3.60. The lowest BCUT2D eigenvalue weighted by Gasteiger charge is -2.02. The molecule has 0 aliphatic carbocycles. The molecule has 0 aliphatic heterocycles. The Kier molecular flexibility index (Phi) is 4.77. The normalized spacial score (nSPS) is 11.7. The maximum absolute atomic E-state index is 12.1. The Morgan fingerprint density at radius 2 is 1.62 bits per heavy atom. The van der Waals surface area contributed by atoms with Gasteiger partial charge in [-0.1, -0.05) is 60.7 Å². The number of nitrogens with zero attached hydrogens (tertiary/aromatic N) is 2. The summed E-state index contributed by atoms with van der Waals surface area (Å²) >= 11 is 0. The van der Waals surface area contributed by atoms with Crippen LogP contribution in [0.5, 0.6) is 0 Å². The Hall–Kier alpha value is -2.86. The molecule has 122 valence electrons. The van der Waals surface area contributed by atoms with Gasteiger partial charge in [0.25, 0.3) is 10.0 Å². The Morgan fingerprint density at radius 1 is 0.958 bits per heavy atom. The molecule has 6 heteroatoms. The summed E-state index contributed by atoms with van der Waals surface area (Å²) < 4.78 is 28.3. The van der Waals surface area contributed by atoms with Gasteiger partial charge in [-0.2, -0.15) is 5.10 Å². The minimum absolute atomic E-state index is 0.295. The van der Waals surface area contributed by atoms with Gasteiger partial charge >= 0.3 is 0 Å². The van der Waals surface area contributed by atoms with E-state index in [0.29, 0.717) is 12.4 Å². The van der Waals surface area contributed by atoms with Crippen LogP contribution in [0, 0.1) is 0 Å². The van der Waals surface area contributed by atoms with Crippen molar-refractivity contribution in [1.29, 1.82) is 0 Å². The summed E-state index contributed by atoms with van der Waals surface area (Å²) in [5.41, 5.74) is 1.91. The van der Waals surface area contributed by atoms with E-state index in [4.69, 9.17) is 0 Å². The molecule has 0 aliphatic rings. The first kappa shape index (κ1) is 16.0. The predicted molar refractivity (Wildman–Crippen MR) is 95.8 cm³/mol. The fourth-order valence-electron chi connectivity index (χ4n) is 2.19. The van der Waals surface area contributed by atoms with Crippen molar-refractivity contribution >= 4 is 21.9 Å². The fourth-order valence-corrected chi connectivity index (χ4v) is 2.99. The van der Waals surface area contributed by atoms with Crippen LogP contribution in [-0.2, 0) is 16.6 Å². The van der Waals surface area contributed by atoms with Crippen molar-refractivity contribution < 1.29 is 8.42 Å². The molecule has 0 fully saturated rings. The van der Waals surface area contributed by atoms with Crippen molar-refractivity contribution in [3.05, 3.63) is 89.5 Å². The van der Waals surface area contributed by atoms with Crippen molar-refractivity contribution in [3.8, 4) is 0 Å². The average molecular weight is 339 g/mol. The third kappa shape index (κ3) is 4.57. The maximum atomic E-state index is 12.1. The highest BCUT2D eigenvalue weighted by atomic mass is 32.2. The fraction of sp³-hybridized carbons (Fsp3) is 0.0556. The van der Waals surface area contributed by atoms with E-state index >= 15 is 0 Å². The molecule has 1 aromatic heterocycles. The first-order chi connectivity index (χ1) is 11.6. The summed E-state index contributed by atoms with van der Waals surface area (Å²) in [4.78, 5) is 0. The zero-order valence-corrected chi connectivity index (χ0v) is 13.7. The number of hydrogen-bond donors (Lipinski definition) is 1. The number of rotatable bonds is 6. The Bertz CT molecular complexity index is 917. The highest BCUT2D eigenvalue weighted by Crippen LogP contribution is 2.10. The molecule has 3 aromatic rings. The molecule has 24 heavy (non-hydrogen) atoms. The van der Waals surface area contributed by atoms with Crippen LogP contribution in [-0.4, -0.2) is 18.2 Å². The number of anilines is 1. The van der Waals surface area contributed by atoms with Gasteiger partial charge in [0.05, 0.1) is 12.0 Å². The number of nitrogens with one attached hydrogen (secondary N) is 1. The second kappa shape index (κ2) is 7.14. The number of benzene rings is 2. The summed E-state index contributed by atoms with van der Waals surface area (Å²) in [5, 5.41) is 5.38. The van der Waals surface area contributed by atoms with Crippen LogP contribution in [0.2, 0.25) is 0 Å². The number of sulfonamides is 1. The molecule has 0 amide bonds. The molecule has 0 saturated carbocycles. The van der Waals surface area contributed by atoms with E-state index in [1.54, 1.807) is 23.0 Å². The van der Waals surface area contributed by atoms with E-state index in [2.05, 4.69) is 9.82 Å². The third-order valence-electron chi connectivity index (χ3n) is 3.31. The van der Waals surface area contributed by atoms with Crippen LogP contribution in [0.4, 0.5) is 5.82 Å². The van der Waals surface area contributed by atoms with Crippen molar-refractivity contribution in [1.82, 2.24) is 9.78 Å². The first-order valence-electron chi connectivity index (χ1n) is 7.44. The molecule has 0 spiro atoms. The zero-order chi connectivity index (χ0) is 16.8. The molecule has 0 atom stereocenters. The highest BCUT2D eigenvalue weighted by molar-refractivity contribution is 7.95. The van der Waals surface area contributed by atoms with Crippen molar-refractivity contribution in [3.63, 3.8) is 0 Å². The average Bonchev–Trinajstić information content (AvgIpc) is 3.01. The molecule has 1 heterocycles. The largest absolute Gasteiger partial charge is 0.266 e. The van der Waals surface area contributed by atoms with E-state index in [1.165, 1.54) is 0 Å². The summed E-state index contributed by atoms with van der Waals surface area (Å²) in [6, 6.07) is 20.7. The molecule has 0 saturated heterocycles. The quantitative estimate of drug-likeness (QED) is 0.749. The van der Waals surface area contributed by atoms with Gasteiger partial charge in [0, 0.05) is 12.3 Å². The second-order valence-corrected chi connectivity index (χ2v) is 6.81. The molecular formula is C18H17N3O2S. The third-order valence-corrected chi connectivity index (χ3v) is 4.30. The molecule has 0 bridgehead atoms. The summed E-state index contributed by atoms with van der Waals surface area (Å²) in [5.74, 6) is 0.295. The predicted octanol–water partition coefficient (Wildman–Crippen LogP) is 3.34. The minimum atomic E-state index is -3.60. The van der Waals surface area contributed by atoms with Gasteiger partial charge in [0.15, 0.2) is 5.82 Å². The summed E-state index contributed by atoms with van der Waals surface area (Å²) in [6.07, 6.45) is 3.29. The van der Waals surface area contributed by atoms with Gasteiger partial charge in [0.2, 0.25) is 0 Å². The van der Waals surface area contributed by atoms with E-state index in [0.717, 1.165) is 16.5 Å². The van der Waals surface area contributed by atoms with Crippen molar-refractivity contribution in [2.24, 2.45) is 0 Å². The van der Waals surface area contributed by atoms with Gasteiger partial charge < -0.3 is 0 Å². The van der Waals surface area contributed by atoms with Crippen molar-refractivity contribution in [2.75, 3.05) is 4.72 Å². The number of aromatic nitrogens is 2. The molecule has 1 N–H and O–H groups in total. The van der Waals surface area contributed by atoms with Gasteiger partial charge in [-0.3, -0.25) is 9.40 Å². The van der Waals surface area contributed by atoms with Crippen LogP contribution in [0.25, 0.3) is 6.08 Å². The standard InChI is InChI=1S/C18H17N3O2S/c22-24(23,14-12-16-7-3-1-4-8-16)20-18-11-13-21(19-18)15-17-9-5-2-6-10-17/h1-14H,15H2,(H,19,20)/b14-12+. The van der Waals surface area contributed by atoms with Crippen LogP contribution in [0.1, 0.15) is 11.1 Å².